The van der Waals surface area contributed by atoms with Gasteiger partial charge in [-0.15, -0.1) is 0 Å². The maximum atomic E-state index is 4.61. The summed E-state index contributed by atoms with van der Waals surface area (Å²) in [4.78, 5) is 4.61. The predicted octanol–water partition coefficient (Wildman–Crippen LogP) is 3.68. The second-order valence-corrected chi connectivity index (χ2v) is 3.71. The van der Waals surface area contributed by atoms with Gasteiger partial charge in [-0.3, -0.25) is 4.98 Å². The largest absolute Gasteiger partial charge is 0.253 e. The van der Waals surface area contributed by atoms with Crippen LogP contribution in [0, 0.1) is 13.8 Å². The molecule has 1 nitrogen and oxygen atoms in total. The van der Waals surface area contributed by atoms with E-state index in [0.29, 0.717) is 0 Å². The number of nitrogens with zero attached hydrogens (tertiary/aromatic N) is 1. The number of pyridine rings is 1. The quantitative estimate of drug-likeness (QED) is 0.706. The van der Waals surface area contributed by atoms with Crippen molar-refractivity contribution in [1.82, 2.24) is 4.98 Å². The van der Waals surface area contributed by atoms with E-state index < -0.39 is 0 Å². The fraction of sp³-hybridized carbons (Fsp3) is 0.462. The van der Waals surface area contributed by atoms with Crippen LogP contribution in [-0.4, -0.2) is 4.98 Å². The number of rotatable bonds is 3. The Balaban J connectivity index is 3.27. The summed E-state index contributed by atoms with van der Waals surface area (Å²) in [5.74, 6) is 0. The maximum absolute atomic E-state index is 4.61. The summed E-state index contributed by atoms with van der Waals surface area (Å²) in [6.07, 6.45) is 2.00. The number of aromatic nitrogens is 1. The third-order valence-corrected chi connectivity index (χ3v) is 2.69. The van der Waals surface area contributed by atoms with Gasteiger partial charge in [0.15, 0.2) is 0 Å². The van der Waals surface area contributed by atoms with E-state index in [4.69, 9.17) is 0 Å². The fourth-order valence-electron chi connectivity index (χ4n) is 1.50. The lowest BCUT2D eigenvalue weighted by Crippen LogP contribution is -1.99. The molecule has 0 spiro atoms. The number of aryl methyl sites for hydroxylation is 3. The molecule has 0 aliphatic carbocycles. The second kappa shape index (κ2) is 4.41. The van der Waals surface area contributed by atoms with Crippen LogP contribution in [0.2, 0.25) is 0 Å². The minimum absolute atomic E-state index is 0.975. The fourth-order valence-corrected chi connectivity index (χ4v) is 1.50. The van der Waals surface area contributed by atoms with Crippen LogP contribution in [0.15, 0.2) is 12.6 Å². The Bertz CT molecular complexity index is 350. The van der Waals surface area contributed by atoms with Gasteiger partial charge in [0.05, 0.1) is 5.69 Å². The summed E-state index contributed by atoms with van der Waals surface area (Å²) >= 11 is 0. The van der Waals surface area contributed by atoms with Gasteiger partial charge in [-0.25, -0.2) is 0 Å². The van der Waals surface area contributed by atoms with Gasteiger partial charge in [0.25, 0.3) is 0 Å². The van der Waals surface area contributed by atoms with E-state index in [9.17, 15) is 0 Å². The average Bonchev–Trinajstić information content (AvgIpc) is 2.20. The zero-order valence-electron chi connectivity index (χ0n) is 9.65. The molecule has 0 fully saturated rings. The van der Waals surface area contributed by atoms with Crippen molar-refractivity contribution in [3.63, 3.8) is 0 Å². The van der Waals surface area contributed by atoms with E-state index >= 15 is 0 Å². The SMILES string of the molecule is C=C(CC)c1nc(C)c(C)cc1CC. The molecule has 0 aliphatic heterocycles. The van der Waals surface area contributed by atoms with E-state index in [-0.39, 0.29) is 0 Å². The highest BCUT2D eigenvalue weighted by Gasteiger charge is 2.07. The van der Waals surface area contributed by atoms with Crippen LogP contribution < -0.4 is 0 Å². The van der Waals surface area contributed by atoms with Gasteiger partial charge < -0.3 is 0 Å². The zero-order valence-corrected chi connectivity index (χ0v) is 9.65. The first-order valence-corrected chi connectivity index (χ1v) is 5.25. The zero-order chi connectivity index (χ0) is 10.7. The molecule has 1 aromatic heterocycles. The summed E-state index contributed by atoms with van der Waals surface area (Å²) in [6, 6.07) is 2.23. The molecule has 0 radical (unpaired) electrons. The molecular formula is C13H19N. The Kier molecular flexibility index (Phi) is 3.45. The van der Waals surface area contributed by atoms with Crippen molar-refractivity contribution in [3.05, 3.63) is 35.2 Å². The molecule has 0 aliphatic rings. The molecule has 0 saturated heterocycles. The average molecular weight is 189 g/mol. The van der Waals surface area contributed by atoms with Crippen molar-refractivity contribution in [1.29, 1.82) is 0 Å². The first kappa shape index (κ1) is 11.0. The summed E-state index contributed by atoms with van der Waals surface area (Å²) in [7, 11) is 0. The first-order valence-electron chi connectivity index (χ1n) is 5.25. The maximum Gasteiger partial charge on any atom is 0.0690 e. The highest BCUT2D eigenvalue weighted by molar-refractivity contribution is 5.63. The smallest absolute Gasteiger partial charge is 0.0690 e. The molecule has 0 amide bonds. The van der Waals surface area contributed by atoms with E-state index in [1.54, 1.807) is 0 Å². The van der Waals surface area contributed by atoms with Crippen LogP contribution in [0.1, 0.15) is 42.8 Å². The van der Waals surface area contributed by atoms with Gasteiger partial charge in [-0.05, 0) is 43.4 Å². The van der Waals surface area contributed by atoms with E-state index in [1.165, 1.54) is 11.1 Å². The van der Waals surface area contributed by atoms with Gasteiger partial charge in [0.1, 0.15) is 0 Å². The second-order valence-electron chi connectivity index (χ2n) is 3.71. The minimum Gasteiger partial charge on any atom is -0.253 e. The monoisotopic (exact) mass is 189 g/mol. The summed E-state index contributed by atoms with van der Waals surface area (Å²) in [5.41, 5.74) is 5.96. The van der Waals surface area contributed by atoms with Gasteiger partial charge in [0.2, 0.25) is 0 Å². The van der Waals surface area contributed by atoms with Crippen LogP contribution in [0.4, 0.5) is 0 Å². The molecule has 1 heteroatoms. The van der Waals surface area contributed by atoms with Gasteiger partial charge in [0, 0.05) is 5.69 Å². The molecule has 0 atom stereocenters. The highest BCUT2D eigenvalue weighted by Crippen LogP contribution is 2.21. The third-order valence-electron chi connectivity index (χ3n) is 2.69. The lowest BCUT2D eigenvalue weighted by molar-refractivity contribution is 1.02. The summed E-state index contributed by atoms with van der Waals surface area (Å²) in [5, 5.41) is 0. The van der Waals surface area contributed by atoms with E-state index in [0.717, 1.165) is 29.8 Å². The number of hydrogen-bond acceptors (Lipinski definition) is 1. The minimum atomic E-state index is 0.975. The van der Waals surface area contributed by atoms with Gasteiger partial charge in [-0.2, -0.15) is 0 Å². The molecule has 1 rings (SSSR count). The van der Waals surface area contributed by atoms with Crippen LogP contribution in [0.3, 0.4) is 0 Å². The molecule has 76 valence electrons. The van der Waals surface area contributed by atoms with Crippen molar-refractivity contribution >= 4 is 5.57 Å². The van der Waals surface area contributed by atoms with E-state index in [1.807, 2.05) is 0 Å². The van der Waals surface area contributed by atoms with Crippen molar-refractivity contribution in [2.45, 2.75) is 40.5 Å². The van der Waals surface area contributed by atoms with Gasteiger partial charge >= 0.3 is 0 Å². The normalized spacial score (nSPS) is 10.3. The Morgan fingerprint density at radius 3 is 2.50 bits per heavy atom. The van der Waals surface area contributed by atoms with Crippen molar-refractivity contribution in [2.75, 3.05) is 0 Å². The van der Waals surface area contributed by atoms with Crippen LogP contribution in [0.25, 0.3) is 5.57 Å². The molecule has 0 saturated carbocycles. The lowest BCUT2D eigenvalue weighted by Gasteiger charge is -2.11. The molecule has 0 N–H and O–H groups in total. The van der Waals surface area contributed by atoms with E-state index in [2.05, 4.69) is 45.3 Å². The van der Waals surface area contributed by atoms with Crippen molar-refractivity contribution in [3.8, 4) is 0 Å². The Hall–Kier alpha value is -1.11. The predicted molar refractivity (Wildman–Crippen MR) is 62.4 cm³/mol. The third kappa shape index (κ3) is 2.03. The lowest BCUT2D eigenvalue weighted by atomic mass is 10.0. The molecule has 0 unspecified atom stereocenters. The number of hydrogen-bond donors (Lipinski definition) is 0. The Labute approximate surface area is 86.9 Å². The molecule has 14 heavy (non-hydrogen) atoms. The van der Waals surface area contributed by atoms with Crippen molar-refractivity contribution < 1.29 is 0 Å². The van der Waals surface area contributed by atoms with Crippen LogP contribution in [0.5, 0.6) is 0 Å². The number of allylic oxidation sites excluding steroid dienone is 1. The molecule has 1 aromatic rings. The van der Waals surface area contributed by atoms with Crippen LogP contribution in [-0.2, 0) is 6.42 Å². The van der Waals surface area contributed by atoms with Crippen molar-refractivity contribution in [2.24, 2.45) is 0 Å². The molecule has 1 heterocycles. The molecular weight excluding hydrogens is 170 g/mol. The van der Waals surface area contributed by atoms with Gasteiger partial charge in [-0.1, -0.05) is 26.5 Å². The first-order chi connectivity index (χ1) is 6.60. The Morgan fingerprint density at radius 1 is 1.36 bits per heavy atom. The standard InChI is InChI=1S/C13H19N/c1-6-9(3)13-12(7-2)8-10(4)11(5)14-13/h8H,3,6-7H2,1-2,4-5H3. The van der Waals surface area contributed by atoms with Crippen LogP contribution >= 0.6 is 0 Å². The Morgan fingerprint density at radius 2 is 2.00 bits per heavy atom. The highest BCUT2D eigenvalue weighted by atomic mass is 14.7. The summed E-state index contributed by atoms with van der Waals surface area (Å²) < 4.78 is 0. The summed E-state index contributed by atoms with van der Waals surface area (Å²) in [6.45, 7) is 12.5. The topological polar surface area (TPSA) is 12.9 Å². The molecule has 0 aromatic carbocycles. The molecule has 0 bridgehead atoms.